The number of alkyl halides is 3. The fourth-order valence-electron chi connectivity index (χ4n) is 1.59. The highest BCUT2D eigenvalue weighted by Crippen LogP contribution is 2.33. The molecule has 1 heterocycles. The van der Waals surface area contributed by atoms with Gasteiger partial charge >= 0.3 is 6.18 Å². The molecule has 0 amide bonds. The first-order valence-electron chi connectivity index (χ1n) is 5.60. The average molecular weight is 313 g/mol. The fourth-order valence-corrected chi connectivity index (χ4v) is 1.82. The molecule has 1 aromatic carbocycles. The molecule has 2 aromatic rings. The first-order valence-corrected chi connectivity index (χ1v) is 5.98. The number of aromatic nitrogens is 1. The number of hydrogen-bond donors (Lipinski definition) is 2. The van der Waals surface area contributed by atoms with Crippen molar-refractivity contribution in [2.75, 3.05) is 11.1 Å². The molecule has 21 heavy (non-hydrogen) atoms. The van der Waals surface area contributed by atoms with Crippen LogP contribution in [0.3, 0.4) is 0 Å². The highest BCUT2D eigenvalue weighted by Gasteiger charge is 2.31. The van der Waals surface area contributed by atoms with Gasteiger partial charge in [0, 0.05) is 0 Å². The van der Waals surface area contributed by atoms with Crippen LogP contribution in [-0.4, -0.2) is 4.98 Å². The quantitative estimate of drug-likeness (QED) is 0.880. The molecule has 2 rings (SSSR count). The van der Waals surface area contributed by atoms with Crippen molar-refractivity contribution in [3.05, 3.63) is 46.6 Å². The number of halogens is 4. The van der Waals surface area contributed by atoms with Crippen LogP contribution in [0.4, 0.5) is 30.4 Å². The van der Waals surface area contributed by atoms with Gasteiger partial charge in [0.25, 0.3) is 0 Å². The van der Waals surface area contributed by atoms with E-state index >= 15 is 0 Å². The molecule has 0 fully saturated rings. The van der Waals surface area contributed by atoms with Gasteiger partial charge in [-0.05, 0) is 24.3 Å². The largest absolute Gasteiger partial charge is 0.416 e. The number of nitrogens with two attached hydrogens (primary N) is 1. The van der Waals surface area contributed by atoms with E-state index in [1.54, 1.807) is 6.07 Å². The molecule has 0 atom stereocenters. The minimum atomic E-state index is -4.51. The summed E-state index contributed by atoms with van der Waals surface area (Å²) in [5.41, 5.74) is 4.94. The summed E-state index contributed by atoms with van der Waals surface area (Å²) in [7, 11) is 0. The zero-order chi connectivity index (χ0) is 15.6. The van der Waals surface area contributed by atoms with Crippen LogP contribution in [0.1, 0.15) is 11.1 Å². The lowest BCUT2D eigenvalue weighted by Gasteiger charge is -2.12. The van der Waals surface area contributed by atoms with Crippen LogP contribution >= 0.6 is 11.6 Å². The number of nitrogens with zero attached hydrogens (tertiary/aromatic N) is 2. The number of anilines is 3. The predicted octanol–water partition coefficient (Wildman–Crippen LogP) is 3.95. The molecule has 0 radical (unpaired) electrons. The smallest absolute Gasteiger partial charge is 0.397 e. The van der Waals surface area contributed by atoms with Crippen molar-refractivity contribution in [2.24, 2.45) is 0 Å². The molecule has 0 unspecified atom stereocenters. The van der Waals surface area contributed by atoms with Gasteiger partial charge in [-0.3, -0.25) is 0 Å². The van der Waals surface area contributed by atoms with Gasteiger partial charge in [0.2, 0.25) is 0 Å². The predicted molar refractivity (Wildman–Crippen MR) is 73.1 cm³/mol. The van der Waals surface area contributed by atoms with Crippen LogP contribution in [0.2, 0.25) is 5.02 Å². The zero-order valence-corrected chi connectivity index (χ0v) is 11.1. The van der Waals surface area contributed by atoms with E-state index in [0.717, 1.165) is 18.2 Å². The van der Waals surface area contributed by atoms with Crippen LogP contribution in [0, 0.1) is 11.3 Å². The van der Waals surface area contributed by atoms with E-state index in [4.69, 9.17) is 22.6 Å². The first-order chi connectivity index (χ1) is 9.81. The number of nitrogens with one attached hydrogen (secondary N) is 1. The van der Waals surface area contributed by atoms with Gasteiger partial charge in [0.1, 0.15) is 11.9 Å². The van der Waals surface area contributed by atoms with Crippen molar-refractivity contribution in [3.63, 3.8) is 0 Å². The third-order valence-electron chi connectivity index (χ3n) is 2.58. The molecule has 0 saturated heterocycles. The Kier molecular flexibility index (Phi) is 3.91. The van der Waals surface area contributed by atoms with E-state index in [1.807, 2.05) is 0 Å². The van der Waals surface area contributed by atoms with E-state index in [9.17, 15) is 13.2 Å². The van der Waals surface area contributed by atoms with Crippen molar-refractivity contribution < 1.29 is 13.2 Å². The molecule has 3 N–H and O–H groups in total. The maximum absolute atomic E-state index is 12.6. The molecule has 108 valence electrons. The van der Waals surface area contributed by atoms with E-state index in [2.05, 4.69) is 10.3 Å². The lowest BCUT2D eigenvalue weighted by atomic mass is 10.1. The minimum Gasteiger partial charge on any atom is -0.397 e. The minimum absolute atomic E-state index is 0.167. The molecule has 0 saturated carbocycles. The van der Waals surface area contributed by atoms with Gasteiger partial charge in [-0.15, -0.1) is 0 Å². The molecule has 0 aliphatic carbocycles. The lowest BCUT2D eigenvalue weighted by Crippen LogP contribution is -2.06. The second kappa shape index (κ2) is 5.50. The highest BCUT2D eigenvalue weighted by atomic mass is 35.5. The van der Waals surface area contributed by atoms with Crippen molar-refractivity contribution >= 4 is 28.8 Å². The van der Waals surface area contributed by atoms with Crippen LogP contribution in [0.15, 0.2) is 30.5 Å². The maximum Gasteiger partial charge on any atom is 0.416 e. The summed E-state index contributed by atoms with van der Waals surface area (Å²) >= 11 is 5.91. The van der Waals surface area contributed by atoms with Crippen molar-refractivity contribution in [1.82, 2.24) is 4.98 Å². The molecular formula is C13H8ClF3N4. The summed E-state index contributed by atoms with van der Waals surface area (Å²) in [5.74, 6) is 0.196. The SMILES string of the molecule is N#Cc1cc(C(F)(F)F)ccc1Nc1ncc(N)cc1Cl. The number of pyridine rings is 1. The Morgan fingerprint density at radius 3 is 2.57 bits per heavy atom. The summed E-state index contributed by atoms with van der Waals surface area (Å²) < 4.78 is 37.8. The Hall–Kier alpha value is -2.46. The normalized spacial score (nSPS) is 11.0. The summed E-state index contributed by atoms with van der Waals surface area (Å²) in [5, 5.41) is 11.9. The third kappa shape index (κ3) is 3.35. The van der Waals surface area contributed by atoms with Crippen LogP contribution in [0.5, 0.6) is 0 Å². The Labute approximate surface area is 123 Å². The van der Waals surface area contributed by atoms with E-state index in [0.29, 0.717) is 5.69 Å². The number of benzene rings is 1. The van der Waals surface area contributed by atoms with Crippen LogP contribution < -0.4 is 11.1 Å². The van der Waals surface area contributed by atoms with Gasteiger partial charge in [0.05, 0.1) is 33.7 Å². The molecule has 0 spiro atoms. The number of hydrogen-bond acceptors (Lipinski definition) is 4. The topological polar surface area (TPSA) is 74.7 Å². The Bertz CT molecular complexity index is 722. The standard InChI is InChI=1S/C13H8ClF3N4/c14-10-4-9(19)6-20-12(10)21-11-2-1-8(13(15,16)17)3-7(11)5-18/h1-4,6H,19H2,(H,20,21). The second-order valence-electron chi connectivity index (χ2n) is 4.09. The summed E-state index contributed by atoms with van der Waals surface area (Å²) in [4.78, 5) is 3.92. The molecule has 4 nitrogen and oxygen atoms in total. The molecule has 0 bridgehead atoms. The maximum atomic E-state index is 12.6. The second-order valence-corrected chi connectivity index (χ2v) is 4.50. The number of nitrogen functional groups attached to an aromatic ring is 1. The molecule has 0 aliphatic rings. The van der Waals surface area contributed by atoms with Gasteiger partial charge < -0.3 is 11.1 Å². The van der Waals surface area contributed by atoms with Gasteiger partial charge in [-0.1, -0.05) is 11.6 Å². The van der Waals surface area contributed by atoms with E-state index in [-0.39, 0.29) is 22.1 Å². The van der Waals surface area contributed by atoms with Gasteiger partial charge in [-0.25, -0.2) is 4.98 Å². The van der Waals surface area contributed by atoms with Crippen molar-refractivity contribution in [2.45, 2.75) is 6.18 Å². The number of rotatable bonds is 2. The molecular weight excluding hydrogens is 305 g/mol. The molecule has 8 heteroatoms. The molecule has 1 aromatic heterocycles. The Morgan fingerprint density at radius 2 is 2.00 bits per heavy atom. The third-order valence-corrected chi connectivity index (χ3v) is 2.87. The monoisotopic (exact) mass is 312 g/mol. The fraction of sp³-hybridized carbons (Fsp3) is 0.0769. The zero-order valence-electron chi connectivity index (χ0n) is 10.4. The van der Waals surface area contributed by atoms with E-state index < -0.39 is 11.7 Å². The van der Waals surface area contributed by atoms with Crippen LogP contribution in [-0.2, 0) is 6.18 Å². The molecule has 0 aliphatic heterocycles. The van der Waals surface area contributed by atoms with Gasteiger partial charge in [-0.2, -0.15) is 18.4 Å². The summed E-state index contributed by atoms with van der Waals surface area (Å²) in [6, 6.07) is 5.91. The van der Waals surface area contributed by atoms with Crippen LogP contribution in [0.25, 0.3) is 0 Å². The summed E-state index contributed by atoms with van der Waals surface area (Å²) in [6.45, 7) is 0. The number of nitriles is 1. The average Bonchev–Trinajstić information content (AvgIpc) is 2.41. The van der Waals surface area contributed by atoms with Crippen molar-refractivity contribution in [3.8, 4) is 6.07 Å². The highest BCUT2D eigenvalue weighted by molar-refractivity contribution is 6.33. The summed E-state index contributed by atoms with van der Waals surface area (Å²) in [6.07, 6.45) is -3.18. The van der Waals surface area contributed by atoms with Crippen molar-refractivity contribution in [1.29, 1.82) is 5.26 Å². The first kappa shape index (κ1) is 14.9. The lowest BCUT2D eigenvalue weighted by molar-refractivity contribution is -0.137. The van der Waals surface area contributed by atoms with Gasteiger partial charge in [0.15, 0.2) is 0 Å². The van der Waals surface area contributed by atoms with E-state index in [1.165, 1.54) is 12.3 Å². The Balaban J connectivity index is 2.39. The Morgan fingerprint density at radius 1 is 1.29 bits per heavy atom.